The molecule has 3 aliphatic carbocycles. The van der Waals surface area contributed by atoms with Crippen molar-refractivity contribution >= 4 is 27.8 Å². The molecule has 1 atom stereocenters. The van der Waals surface area contributed by atoms with E-state index < -0.39 is 16.1 Å². The van der Waals surface area contributed by atoms with Crippen molar-refractivity contribution in [2.75, 3.05) is 0 Å². The number of hydrogen-bond donors (Lipinski definition) is 2. The molecule has 2 N–H and O–H groups in total. The molecule has 1 unspecified atom stereocenters. The molecule has 0 spiro atoms. The zero-order valence-corrected chi connectivity index (χ0v) is 18.5. The first-order chi connectivity index (χ1) is 14.2. The molecule has 4 aliphatic rings. The highest BCUT2D eigenvalue weighted by atomic mass is 32.2. The van der Waals surface area contributed by atoms with Gasteiger partial charge in [-0.2, -0.15) is 0 Å². The summed E-state index contributed by atoms with van der Waals surface area (Å²) < 4.78 is 18.7. The number of hydrogen-bond acceptors (Lipinski definition) is 6. The fourth-order valence-electron chi connectivity index (χ4n) is 4.46. The lowest BCUT2D eigenvalue weighted by Crippen LogP contribution is -2.69. The van der Waals surface area contributed by atoms with E-state index in [9.17, 15) is 9.35 Å². The largest absolute Gasteiger partial charge is 0.591 e. The molecule has 1 aromatic carbocycles. The average molecular weight is 426 g/mol. The van der Waals surface area contributed by atoms with Crippen LogP contribution in [0.15, 0.2) is 51.6 Å². The van der Waals surface area contributed by atoms with Gasteiger partial charge in [-0.1, -0.05) is 16.5 Å². The van der Waals surface area contributed by atoms with Gasteiger partial charge in [0.1, 0.15) is 21.8 Å². The molecule has 2 heterocycles. The van der Waals surface area contributed by atoms with Crippen LogP contribution < -0.4 is 16.5 Å². The molecule has 3 saturated carbocycles. The molecule has 6 rings (SSSR count). The Hall–Kier alpha value is -2.29. The van der Waals surface area contributed by atoms with Crippen molar-refractivity contribution in [3.8, 4) is 0 Å². The maximum atomic E-state index is 13.0. The van der Waals surface area contributed by atoms with Gasteiger partial charge in [0, 0.05) is 30.4 Å². The number of pyridine rings is 1. The summed E-state index contributed by atoms with van der Waals surface area (Å²) in [6.45, 7) is 5.73. The van der Waals surface area contributed by atoms with Crippen molar-refractivity contribution in [2.45, 2.75) is 50.3 Å². The van der Waals surface area contributed by atoms with Crippen LogP contribution in [-0.2, 0) is 18.4 Å². The summed E-state index contributed by atoms with van der Waals surface area (Å²) in [5, 5.41) is 3.56. The Morgan fingerprint density at radius 3 is 2.60 bits per heavy atom. The number of rotatable bonds is 4. The first-order valence-corrected chi connectivity index (χ1v) is 11.4. The van der Waals surface area contributed by atoms with Crippen LogP contribution in [-0.4, -0.2) is 30.1 Å². The molecule has 158 valence electrons. The third kappa shape index (κ3) is 2.97. The summed E-state index contributed by atoms with van der Waals surface area (Å²) in [7, 11) is 1.74. The molecule has 7 nitrogen and oxygen atoms in total. The molecule has 1 aliphatic heterocycles. The Bertz CT molecular complexity index is 1130. The quantitative estimate of drug-likeness (QED) is 0.581. The predicted molar refractivity (Wildman–Crippen MR) is 120 cm³/mol. The monoisotopic (exact) mass is 425 g/mol. The Morgan fingerprint density at radius 2 is 1.97 bits per heavy atom. The average Bonchev–Trinajstić information content (AvgIpc) is 3.08. The van der Waals surface area contributed by atoms with Gasteiger partial charge >= 0.3 is 0 Å². The highest BCUT2D eigenvalue weighted by molar-refractivity contribution is 7.91. The van der Waals surface area contributed by atoms with Crippen molar-refractivity contribution in [3.05, 3.63) is 58.3 Å². The van der Waals surface area contributed by atoms with E-state index >= 15 is 0 Å². The van der Waals surface area contributed by atoms with Crippen LogP contribution in [0.3, 0.4) is 0 Å². The van der Waals surface area contributed by atoms with Crippen LogP contribution in [0, 0.1) is 5.92 Å². The van der Waals surface area contributed by atoms with Crippen LogP contribution in [0.2, 0.25) is 0 Å². The number of fused-ring (bicyclic) bond motifs is 1. The Labute approximate surface area is 179 Å². The fourth-order valence-corrected chi connectivity index (χ4v) is 5.10. The number of aromatic nitrogens is 1. The fraction of sp³-hybridized carbons (Fsp3) is 0.455. The van der Waals surface area contributed by atoms with Crippen LogP contribution in [0.4, 0.5) is 0 Å². The molecule has 0 amide bonds. The summed E-state index contributed by atoms with van der Waals surface area (Å²) in [4.78, 5) is 12.7. The van der Waals surface area contributed by atoms with Gasteiger partial charge in [-0.05, 0) is 63.5 Å². The van der Waals surface area contributed by atoms with Gasteiger partial charge in [0.2, 0.25) is 0 Å². The second-order valence-corrected chi connectivity index (χ2v) is 11.6. The molecule has 30 heavy (non-hydrogen) atoms. The minimum Gasteiger partial charge on any atom is -0.591 e. The van der Waals surface area contributed by atoms with Gasteiger partial charge in [0.05, 0.1) is 11.2 Å². The van der Waals surface area contributed by atoms with Gasteiger partial charge in [-0.15, -0.1) is 5.53 Å². The van der Waals surface area contributed by atoms with E-state index in [1.54, 1.807) is 17.8 Å². The second-order valence-electron chi connectivity index (χ2n) is 9.65. The summed E-state index contributed by atoms with van der Waals surface area (Å²) >= 11 is -1.45. The molecule has 2 aromatic rings. The third-order valence-electron chi connectivity index (χ3n) is 6.42. The lowest BCUT2D eigenvalue weighted by molar-refractivity contribution is -0.141. The lowest BCUT2D eigenvalue weighted by atomic mass is 9.49. The van der Waals surface area contributed by atoms with Crippen LogP contribution >= 0.6 is 0 Å². The zero-order valence-electron chi connectivity index (χ0n) is 17.7. The SMILES string of the molecule is Cn1ccc2c(/C(=N\[S+]([O-])C(C)(C)C)C3=CN(C45CC(C4)C5)NN3)cccc2c1=O. The van der Waals surface area contributed by atoms with E-state index in [-0.39, 0.29) is 11.1 Å². The zero-order chi connectivity index (χ0) is 21.3. The predicted octanol–water partition coefficient (Wildman–Crippen LogP) is 2.51. The smallest absolute Gasteiger partial charge is 0.258 e. The number of hydrazine groups is 2. The van der Waals surface area contributed by atoms with E-state index in [2.05, 4.69) is 20.4 Å². The van der Waals surface area contributed by atoms with Crippen LogP contribution in [0.25, 0.3) is 10.8 Å². The molecule has 2 bridgehead atoms. The highest BCUT2D eigenvalue weighted by Gasteiger charge is 2.60. The van der Waals surface area contributed by atoms with Gasteiger partial charge in [-0.25, -0.2) is 0 Å². The maximum Gasteiger partial charge on any atom is 0.258 e. The van der Waals surface area contributed by atoms with E-state index in [4.69, 9.17) is 0 Å². The number of nitrogens with one attached hydrogen (secondary N) is 2. The van der Waals surface area contributed by atoms with E-state index in [0.29, 0.717) is 11.1 Å². The number of nitrogens with zero attached hydrogens (tertiary/aromatic N) is 3. The first-order valence-electron chi connectivity index (χ1n) is 10.3. The van der Waals surface area contributed by atoms with Crippen molar-refractivity contribution in [1.82, 2.24) is 20.5 Å². The van der Waals surface area contributed by atoms with E-state index in [1.807, 2.05) is 51.2 Å². The topological polar surface area (TPSA) is 84.7 Å². The minimum atomic E-state index is -1.45. The summed E-state index contributed by atoms with van der Waals surface area (Å²) in [6, 6.07) is 7.54. The third-order valence-corrected chi connectivity index (χ3v) is 7.81. The first kappa shape index (κ1) is 19.7. The van der Waals surface area contributed by atoms with Gasteiger partial charge < -0.3 is 14.5 Å². The standard InChI is InChI=1S/C22H27N5O2S/c1-21(2,3)30(29)24-19(18-13-27(25-23-18)22-10-14(11-22)12-22)16-6-5-7-17-15(16)8-9-26(4)20(17)28/h5-9,13-14,23,25H,10-12H2,1-4H3/b24-19+. The normalized spacial score (nSPS) is 26.7. The van der Waals surface area contributed by atoms with Crippen LogP contribution in [0.5, 0.6) is 0 Å². The molecular formula is C22H27N5O2S. The second kappa shape index (κ2) is 6.60. The van der Waals surface area contributed by atoms with Crippen molar-refractivity contribution < 1.29 is 4.55 Å². The molecule has 0 saturated heterocycles. The van der Waals surface area contributed by atoms with Gasteiger partial charge in [-0.3, -0.25) is 9.80 Å². The molecule has 0 radical (unpaired) electrons. The van der Waals surface area contributed by atoms with Gasteiger partial charge in [0.25, 0.3) is 5.56 Å². The lowest BCUT2D eigenvalue weighted by Gasteiger charge is -2.64. The summed E-state index contributed by atoms with van der Waals surface area (Å²) in [6.07, 6.45) is 7.41. The summed E-state index contributed by atoms with van der Waals surface area (Å²) in [5.74, 6) is 0.861. The molecule has 3 fully saturated rings. The molecule has 8 heteroatoms. The van der Waals surface area contributed by atoms with Crippen molar-refractivity contribution in [2.24, 2.45) is 17.4 Å². The number of allylic oxidation sites excluding steroid dienone is 1. The van der Waals surface area contributed by atoms with E-state index in [1.165, 1.54) is 19.3 Å². The maximum absolute atomic E-state index is 13.0. The number of aryl methyl sites for hydroxylation is 1. The highest BCUT2D eigenvalue weighted by Crippen LogP contribution is 2.60. The Kier molecular flexibility index (Phi) is 4.33. The molecule has 1 aromatic heterocycles. The Balaban J connectivity index is 1.64. The summed E-state index contributed by atoms with van der Waals surface area (Å²) in [5.41, 5.74) is 8.80. The number of benzene rings is 1. The minimum absolute atomic E-state index is 0.0624. The van der Waals surface area contributed by atoms with Crippen LogP contribution in [0.1, 0.15) is 45.6 Å². The molecular weight excluding hydrogens is 398 g/mol. The van der Waals surface area contributed by atoms with Gasteiger partial charge in [0.15, 0.2) is 0 Å². The Morgan fingerprint density at radius 1 is 1.23 bits per heavy atom. The van der Waals surface area contributed by atoms with Crippen molar-refractivity contribution in [1.29, 1.82) is 0 Å². The van der Waals surface area contributed by atoms with E-state index in [0.717, 1.165) is 22.6 Å². The van der Waals surface area contributed by atoms with Crippen molar-refractivity contribution in [3.63, 3.8) is 0 Å².